The van der Waals surface area contributed by atoms with Crippen molar-refractivity contribution in [3.8, 4) is 5.69 Å². The van der Waals surface area contributed by atoms with Crippen molar-refractivity contribution >= 4 is 29.2 Å². The first kappa shape index (κ1) is 24.8. The predicted molar refractivity (Wildman–Crippen MR) is 131 cm³/mol. The Kier molecular flexibility index (Phi) is 7.54. The van der Waals surface area contributed by atoms with Crippen LogP contribution < -0.4 is 10.6 Å². The summed E-state index contributed by atoms with van der Waals surface area (Å²) >= 11 is 1.41. The molecule has 2 amide bonds. The van der Waals surface area contributed by atoms with Crippen LogP contribution in [0.3, 0.4) is 0 Å². The molecule has 0 aliphatic carbocycles. The van der Waals surface area contributed by atoms with E-state index < -0.39 is 28.6 Å². The number of hydrogen-bond donors (Lipinski definition) is 2. The van der Waals surface area contributed by atoms with E-state index in [1.54, 1.807) is 23.6 Å². The molecule has 1 heterocycles. The van der Waals surface area contributed by atoms with Gasteiger partial charge in [-0.3, -0.25) is 14.7 Å². The lowest BCUT2D eigenvalue weighted by molar-refractivity contribution is -0.384. The van der Waals surface area contributed by atoms with E-state index >= 15 is 0 Å². The normalized spacial score (nSPS) is 11.6. The summed E-state index contributed by atoms with van der Waals surface area (Å²) in [5.41, 5.74) is 1.37. The number of amides is 2. The molecule has 0 fully saturated rings. The van der Waals surface area contributed by atoms with Crippen molar-refractivity contribution in [3.63, 3.8) is 0 Å². The molecule has 4 rings (SSSR count). The lowest BCUT2D eigenvalue weighted by Crippen LogP contribution is -2.32. The second-order valence-corrected chi connectivity index (χ2v) is 8.61. The highest BCUT2D eigenvalue weighted by Crippen LogP contribution is 2.28. The van der Waals surface area contributed by atoms with Gasteiger partial charge in [0.1, 0.15) is 11.6 Å². The minimum Gasteiger partial charge on any atom is -0.328 e. The van der Waals surface area contributed by atoms with E-state index in [4.69, 9.17) is 0 Å². The zero-order valence-corrected chi connectivity index (χ0v) is 19.7. The van der Waals surface area contributed by atoms with Crippen molar-refractivity contribution in [2.24, 2.45) is 0 Å². The van der Waals surface area contributed by atoms with E-state index in [0.717, 1.165) is 17.7 Å². The topological polar surface area (TPSA) is 115 Å². The minimum absolute atomic E-state index is 0.0706. The van der Waals surface area contributed by atoms with E-state index in [9.17, 15) is 23.7 Å². The number of nitrogens with zero attached hydrogens (tertiary/aromatic N) is 4. The van der Waals surface area contributed by atoms with E-state index in [1.807, 2.05) is 30.3 Å². The van der Waals surface area contributed by atoms with Gasteiger partial charge < -0.3 is 10.6 Å². The highest BCUT2D eigenvalue weighted by Gasteiger charge is 2.22. The van der Waals surface area contributed by atoms with Gasteiger partial charge in [-0.1, -0.05) is 42.1 Å². The summed E-state index contributed by atoms with van der Waals surface area (Å²) < 4.78 is 28.7. The number of halogens is 2. The van der Waals surface area contributed by atoms with Crippen molar-refractivity contribution in [2.75, 3.05) is 5.32 Å². The molecule has 0 saturated carbocycles. The van der Waals surface area contributed by atoms with Crippen LogP contribution in [0.15, 0.2) is 78.0 Å². The van der Waals surface area contributed by atoms with Gasteiger partial charge in [0.05, 0.1) is 16.7 Å². The number of aromatic nitrogens is 3. The number of nitro groups is 1. The van der Waals surface area contributed by atoms with Crippen LogP contribution in [0.5, 0.6) is 0 Å². The summed E-state index contributed by atoms with van der Waals surface area (Å²) in [5, 5.41) is 25.1. The Balaban J connectivity index is 1.59. The quantitative estimate of drug-likeness (QED) is 0.180. The van der Waals surface area contributed by atoms with Gasteiger partial charge in [-0.05, 0) is 36.8 Å². The fourth-order valence-corrected chi connectivity index (χ4v) is 4.27. The molecule has 1 unspecified atom stereocenters. The molecule has 2 N–H and O–H groups in total. The number of non-ortho nitro benzene ring substituents is 1. The van der Waals surface area contributed by atoms with Crippen molar-refractivity contribution in [1.29, 1.82) is 0 Å². The largest absolute Gasteiger partial charge is 0.328 e. The molecular weight excluding hydrogens is 490 g/mol. The molecule has 0 aliphatic rings. The van der Waals surface area contributed by atoms with E-state index in [-0.39, 0.29) is 11.4 Å². The highest BCUT2D eigenvalue weighted by molar-refractivity contribution is 7.98. The number of carbonyl (C=O) groups excluding carboxylic acids is 1. The molecule has 0 bridgehead atoms. The van der Waals surface area contributed by atoms with Crippen LogP contribution in [0.25, 0.3) is 5.69 Å². The SMILES string of the molecule is CC(NC(=O)Nc1ccc(F)cc1F)c1nnc(SCc2ccccc2)n1-c1ccc([N+](=O)[O-])cc1. The second kappa shape index (κ2) is 11.0. The Morgan fingerprint density at radius 3 is 2.47 bits per heavy atom. The number of urea groups is 1. The molecule has 4 aromatic rings. The number of rotatable bonds is 8. The average molecular weight is 511 g/mol. The monoisotopic (exact) mass is 510 g/mol. The number of benzene rings is 3. The van der Waals surface area contributed by atoms with Crippen molar-refractivity contribution in [1.82, 2.24) is 20.1 Å². The minimum atomic E-state index is -0.911. The van der Waals surface area contributed by atoms with Gasteiger partial charge in [-0.15, -0.1) is 10.2 Å². The van der Waals surface area contributed by atoms with Crippen LogP contribution >= 0.6 is 11.8 Å². The summed E-state index contributed by atoms with van der Waals surface area (Å²) in [4.78, 5) is 23.1. The molecular formula is C24H20F2N6O3S. The number of hydrogen-bond acceptors (Lipinski definition) is 6. The van der Waals surface area contributed by atoms with Crippen LogP contribution in [0.1, 0.15) is 24.4 Å². The van der Waals surface area contributed by atoms with Crippen LogP contribution in [-0.2, 0) is 5.75 Å². The first-order valence-corrected chi connectivity index (χ1v) is 11.7. The third kappa shape index (κ3) is 5.84. The Labute approximate surface area is 208 Å². The smallest absolute Gasteiger partial charge is 0.319 e. The zero-order chi connectivity index (χ0) is 25.7. The molecule has 1 aromatic heterocycles. The van der Waals surface area contributed by atoms with Crippen molar-refractivity contribution in [3.05, 3.63) is 106 Å². The Hall–Kier alpha value is -4.32. The third-order valence-corrected chi connectivity index (χ3v) is 6.10. The van der Waals surface area contributed by atoms with Crippen LogP contribution in [0.4, 0.5) is 25.0 Å². The zero-order valence-electron chi connectivity index (χ0n) is 18.9. The average Bonchev–Trinajstić information content (AvgIpc) is 3.29. The van der Waals surface area contributed by atoms with Crippen LogP contribution in [0.2, 0.25) is 0 Å². The Morgan fingerprint density at radius 2 is 1.81 bits per heavy atom. The van der Waals surface area contributed by atoms with Crippen LogP contribution in [-0.4, -0.2) is 25.7 Å². The molecule has 0 radical (unpaired) electrons. The number of carbonyl (C=O) groups is 1. The van der Waals surface area contributed by atoms with E-state index in [2.05, 4.69) is 20.8 Å². The maximum atomic E-state index is 13.9. The maximum Gasteiger partial charge on any atom is 0.319 e. The van der Waals surface area contributed by atoms with Gasteiger partial charge in [0, 0.05) is 29.6 Å². The molecule has 12 heteroatoms. The molecule has 0 saturated heterocycles. The molecule has 0 aliphatic heterocycles. The number of nitrogens with one attached hydrogen (secondary N) is 2. The number of anilines is 1. The van der Waals surface area contributed by atoms with Gasteiger partial charge in [0.15, 0.2) is 11.0 Å². The summed E-state index contributed by atoms with van der Waals surface area (Å²) in [6, 6.07) is 17.0. The molecule has 1 atom stereocenters. The van der Waals surface area contributed by atoms with Gasteiger partial charge in [0.25, 0.3) is 5.69 Å². The molecule has 184 valence electrons. The van der Waals surface area contributed by atoms with Crippen LogP contribution in [0, 0.1) is 21.7 Å². The lowest BCUT2D eigenvalue weighted by Gasteiger charge is -2.17. The van der Waals surface area contributed by atoms with Gasteiger partial charge in [-0.2, -0.15) is 0 Å². The van der Waals surface area contributed by atoms with E-state index in [1.165, 1.54) is 23.9 Å². The van der Waals surface area contributed by atoms with E-state index in [0.29, 0.717) is 28.5 Å². The summed E-state index contributed by atoms with van der Waals surface area (Å²) in [5.74, 6) is -0.720. The summed E-state index contributed by atoms with van der Waals surface area (Å²) in [6.45, 7) is 1.66. The molecule has 3 aromatic carbocycles. The van der Waals surface area contributed by atoms with Gasteiger partial charge in [0.2, 0.25) is 0 Å². The van der Waals surface area contributed by atoms with Crippen molar-refractivity contribution < 1.29 is 18.5 Å². The molecule has 36 heavy (non-hydrogen) atoms. The molecule has 0 spiro atoms. The third-order valence-electron chi connectivity index (χ3n) is 5.10. The maximum absolute atomic E-state index is 13.9. The lowest BCUT2D eigenvalue weighted by atomic mass is 10.2. The standard InChI is InChI=1S/C24H20F2N6O3S/c1-15(27-23(33)28-21-12-7-17(25)13-20(21)26)22-29-30-24(36-14-16-5-3-2-4-6-16)31(22)18-8-10-19(11-9-18)32(34)35/h2-13,15H,14H2,1H3,(H2,27,28,33). The number of nitro benzene ring substituents is 1. The fourth-order valence-electron chi connectivity index (χ4n) is 3.35. The van der Waals surface area contributed by atoms with Gasteiger partial charge in [-0.25, -0.2) is 13.6 Å². The Bertz CT molecular complexity index is 1380. The molecule has 9 nitrogen and oxygen atoms in total. The first-order chi connectivity index (χ1) is 17.3. The predicted octanol–water partition coefficient (Wildman–Crippen LogP) is 5.63. The second-order valence-electron chi connectivity index (χ2n) is 7.67. The summed E-state index contributed by atoms with van der Waals surface area (Å²) in [7, 11) is 0. The van der Waals surface area contributed by atoms with Gasteiger partial charge >= 0.3 is 6.03 Å². The van der Waals surface area contributed by atoms with Crippen molar-refractivity contribution in [2.45, 2.75) is 23.9 Å². The highest BCUT2D eigenvalue weighted by atomic mass is 32.2. The first-order valence-electron chi connectivity index (χ1n) is 10.7. The summed E-state index contributed by atoms with van der Waals surface area (Å²) in [6.07, 6.45) is 0. The number of thioether (sulfide) groups is 1. The Morgan fingerprint density at radius 1 is 1.08 bits per heavy atom. The fraction of sp³-hybridized carbons (Fsp3) is 0.125.